The molecular weight excluding hydrogens is 236 g/mol. The van der Waals surface area contributed by atoms with E-state index in [0.717, 1.165) is 24.6 Å². The fourth-order valence-electron chi connectivity index (χ4n) is 3.75. The van der Waals surface area contributed by atoms with E-state index in [-0.39, 0.29) is 11.0 Å². The minimum absolute atomic E-state index is 0.0892. The molecule has 2 rings (SSSR count). The zero-order valence-corrected chi connectivity index (χ0v) is 12.8. The van der Waals surface area contributed by atoms with Crippen LogP contribution < -0.4 is 5.73 Å². The summed E-state index contributed by atoms with van der Waals surface area (Å²) >= 11 is 0. The number of hydrogen-bond acceptors (Lipinski definition) is 3. The summed E-state index contributed by atoms with van der Waals surface area (Å²) in [4.78, 5) is 2.42. The van der Waals surface area contributed by atoms with Crippen molar-refractivity contribution in [2.45, 2.75) is 58.5 Å². The van der Waals surface area contributed by atoms with Crippen molar-refractivity contribution in [3.05, 3.63) is 23.7 Å². The van der Waals surface area contributed by atoms with Crippen LogP contribution in [-0.4, -0.2) is 24.0 Å². The van der Waals surface area contributed by atoms with Crippen molar-refractivity contribution >= 4 is 0 Å². The number of hydrogen-bond donors (Lipinski definition) is 1. The van der Waals surface area contributed by atoms with Crippen LogP contribution in [0.25, 0.3) is 0 Å². The third-order valence-corrected chi connectivity index (χ3v) is 5.16. The maximum absolute atomic E-state index is 6.20. The number of nitrogens with zero attached hydrogens (tertiary/aromatic N) is 1. The van der Waals surface area contributed by atoms with E-state index in [4.69, 9.17) is 10.2 Å². The van der Waals surface area contributed by atoms with E-state index in [1.165, 1.54) is 25.7 Å². The van der Waals surface area contributed by atoms with E-state index in [1.54, 1.807) is 0 Å². The minimum Gasteiger partial charge on any atom is -0.465 e. The van der Waals surface area contributed by atoms with Gasteiger partial charge in [-0.3, -0.25) is 4.90 Å². The average molecular weight is 264 g/mol. The first-order chi connectivity index (χ1) is 8.91. The number of rotatable bonds is 4. The van der Waals surface area contributed by atoms with Crippen LogP contribution in [0.1, 0.15) is 51.1 Å². The van der Waals surface area contributed by atoms with Crippen molar-refractivity contribution in [2.75, 3.05) is 13.6 Å². The second kappa shape index (κ2) is 5.29. The van der Waals surface area contributed by atoms with Crippen LogP contribution in [0, 0.1) is 12.3 Å². The molecule has 1 atom stereocenters. The van der Waals surface area contributed by atoms with E-state index >= 15 is 0 Å². The first kappa shape index (κ1) is 14.6. The zero-order chi connectivity index (χ0) is 14.1. The van der Waals surface area contributed by atoms with Gasteiger partial charge in [-0.15, -0.1) is 0 Å². The summed E-state index contributed by atoms with van der Waals surface area (Å²) in [5.41, 5.74) is 6.55. The molecule has 0 aromatic carbocycles. The highest BCUT2D eigenvalue weighted by atomic mass is 16.3. The molecule has 0 spiro atoms. The highest BCUT2D eigenvalue weighted by Crippen LogP contribution is 2.46. The molecule has 3 heteroatoms. The Morgan fingerprint density at radius 2 is 1.95 bits per heavy atom. The van der Waals surface area contributed by atoms with Gasteiger partial charge in [0.2, 0.25) is 0 Å². The summed E-state index contributed by atoms with van der Waals surface area (Å²) in [6.07, 6.45) is 5.04. The van der Waals surface area contributed by atoms with Gasteiger partial charge >= 0.3 is 0 Å². The first-order valence-corrected chi connectivity index (χ1v) is 7.38. The summed E-state index contributed by atoms with van der Waals surface area (Å²) in [5.74, 6) is 2.02. The topological polar surface area (TPSA) is 42.4 Å². The van der Waals surface area contributed by atoms with E-state index < -0.39 is 0 Å². The Kier molecular flexibility index (Phi) is 4.07. The monoisotopic (exact) mass is 264 g/mol. The highest BCUT2D eigenvalue weighted by molar-refractivity contribution is 5.09. The van der Waals surface area contributed by atoms with Gasteiger partial charge in [-0.05, 0) is 44.4 Å². The molecule has 0 saturated heterocycles. The quantitative estimate of drug-likeness (QED) is 0.907. The fraction of sp³-hybridized carbons (Fsp3) is 0.750. The lowest BCUT2D eigenvalue weighted by Crippen LogP contribution is -2.62. The SMILES string of the molecule is Cc1ccc(CN(C)C2(CN)CCCCC2(C)C)o1. The van der Waals surface area contributed by atoms with Gasteiger partial charge in [0.05, 0.1) is 6.54 Å². The van der Waals surface area contributed by atoms with Crippen LogP contribution >= 0.6 is 0 Å². The smallest absolute Gasteiger partial charge is 0.118 e. The van der Waals surface area contributed by atoms with Gasteiger partial charge in [0.15, 0.2) is 0 Å². The standard InChI is InChI=1S/C16H28N2O/c1-13-7-8-14(19-13)11-18(4)16(12-17)10-6-5-9-15(16,2)3/h7-8H,5-6,9-12,17H2,1-4H3. The molecule has 1 heterocycles. The molecule has 0 amide bonds. The molecule has 1 aliphatic rings. The first-order valence-electron chi connectivity index (χ1n) is 7.38. The van der Waals surface area contributed by atoms with Crippen molar-refractivity contribution in [2.24, 2.45) is 11.1 Å². The van der Waals surface area contributed by atoms with E-state index in [0.29, 0.717) is 0 Å². The summed E-state index contributed by atoms with van der Waals surface area (Å²) in [5, 5.41) is 0. The molecule has 1 saturated carbocycles. The summed E-state index contributed by atoms with van der Waals surface area (Å²) in [6.45, 7) is 8.28. The third kappa shape index (κ3) is 2.59. The van der Waals surface area contributed by atoms with Crippen molar-refractivity contribution in [1.82, 2.24) is 4.90 Å². The van der Waals surface area contributed by atoms with Crippen LogP contribution in [0.5, 0.6) is 0 Å². The molecule has 1 aliphatic carbocycles. The lowest BCUT2D eigenvalue weighted by molar-refractivity contribution is -0.0363. The fourth-order valence-corrected chi connectivity index (χ4v) is 3.75. The van der Waals surface area contributed by atoms with Crippen molar-refractivity contribution in [3.8, 4) is 0 Å². The predicted octanol–water partition coefficient (Wildman–Crippen LogP) is 3.32. The lowest BCUT2D eigenvalue weighted by atomic mass is 9.62. The van der Waals surface area contributed by atoms with Crippen LogP contribution in [0.15, 0.2) is 16.5 Å². The van der Waals surface area contributed by atoms with Gasteiger partial charge in [-0.25, -0.2) is 0 Å². The van der Waals surface area contributed by atoms with Gasteiger partial charge in [0, 0.05) is 12.1 Å². The summed E-state index contributed by atoms with van der Waals surface area (Å²) < 4.78 is 5.72. The Balaban J connectivity index is 2.20. The third-order valence-electron chi connectivity index (χ3n) is 5.16. The molecule has 1 aromatic rings. The average Bonchev–Trinajstić information content (AvgIpc) is 2.74. The Bertz CT molecular complexity index is 424. The highest BCUT2D eigenvalue weighted by Gasteiger charge is 2.48. The number of furan rings is 1. The normalized spacial score (nSPS) is 26.8. The van der Waals surface area contributed by atoms with E-state index in [2.05, 4.69) is 31.9 Å². The molecule has 19 heavy (non-hydrogen) atoms. The predicted molar refractivity (Wildman–Crippen MR) is 78.9 cm³/mol. The van der Waals surface area contributed by atoms with E-state index in [1.807, 2.05) is 13.0 Å². The van der Waals surface area contributed by atoms with Gasteiger partial charge in [-0.1, -0.05) is 26.7 Å². The molecule has 1 unspecified atom stereocenters. The molecule has 0 radical (unpaired) electrons. The minimum atomic E-state index is 0.0892. The second-order valence-electron chi connectivity index (χ2n) is 6.70. The van der Waals surface area contributed by atoms with Gasteiger partial charge in [0.1, 0.15) is 11.5 Å². The largest absolute Gasteiger partial charge is 0.465 e. The summed E-state index contributed by atoms with van der Waals surface area (Å²) in [7, 11) is 2.19. The van der Waals surface area contributed by atoms with Crippen LogP contribution in [0.3, 0.4) is 0 Å². The van der Waals surface area contributed by atoms with Crippen LogP contribution in [0.2, 0.25) is 0 Å². The number of nitrogens with two attached hydrogens (primary N) is 1. The summed E-state index contributed by atoms with van der Waals surface area (Å²) in [6, 6.07) is 4.11. The zero-order valence-electron chi connectivity index (χ0n) is 12.8. The number of likely N-dealkylation sites (N-methyl/N-ethyl adjacent to an activating group) is 1. The molecule has 1 fully saturated rings. The second-order valence-corrected chi connectivity index (χ2v) is 6.70. The van der Waals surface area contributed by atoms with Crippen molar-refractivity contribution < 1.29 is 4.42 Å². The van der Waals surface area contributed by atoms with Gasteiger partial charge in [0.25, 0.3) is 0 Å². The molecule has 0 aliphatic heterocycles. The molecule has 0 bridgehead atoms. The van der Waals surface area contributed by atoms with Crippen molar-refractivity contribution in [3.63, 3.8) is 0 Å². The lowest BCUT2D eigenvalue weighted by Gasteiger charge is -2.54. The Labute approximate surface area is 117 Å². The molecule has 108 valence electrons. The molecule has 3 nitrogen and oxygen atoms in total. The maximum atomic E-state index is 6.20. The van der Waals surface area contributed by atoms with Crippen LogP contribution in [-0.2, 0) is 6.54 Å². The number of aryl methyl sites for hydroxylation is 1. The molecule has 1 aromatic heterocycles. The van der Waals surface area contributed by atoms with E-state index in [9.17, 15) is 0 Å². The van der Waals surface area contributed by atoms with Gasteiger partial charge in [-0.2, -0.15) is 0 Å². The van der Waals surface area contributed by atoms with Gasteiger partial charge < -0.3 is 10.2 Å². The Hall–Kier alpha value is -0.800. The Morgan fingerprint density at radius 3 is 2.47 bits per heavy atom. The molecular formula is C16H28N2O. The molecule has 2 N–H and O–H groups in total. The Morgan fingerprint density at radius 1 is 1.26 bits per heavy atom. The van der Waals surface area contributed by atoms with Crippen LogP contribution in [0.4, 0.5) is 0 Å². The van der Waals surface area contributed by atoms with Crippen molar-refractivity contribution in [1.29, 1.82) is 0 Å². The maximum Gasteiger partial charge on any atom is 0.118 e.